The van der Waals surface area contributed by atoms with E-state index in [9.17, 15) is 4.79 Å². The third kappa shape index (κ3) is 2.66. The van der Waals surface area contributed by atoms with Crippen molar-refractivity contribution < 1.29 is 15.0 Å². The number of carboxylic acids is 1. The molecule has 0 aliphatic rings. The highest BCUT2D eigenvalue weighted by Gasteiger charge is 2.09. The molecule has 1 aromatic rings. The molecule has 0 bridgehead atoms. The van der Waals surface area contributed by atoms with E-state index in [1.54, 1.807) is 0 Å². The van der Waals surface area contributed by atoms with Gasteiger partial charge in [-0.1, -0.05) is 19.9 Å². The molecule has 0 aromatic heterocycles. The number of phenolic OH excluding ortho intramolecular Hbond substituents is 1. The SMILES string of the molecule is CC.Nc1c(O)cccc1C(=O)O. The quantitative estimate of drug-likeness (QED) is 0.457. The molecule has 13 heavy (non-hydrogen) atoms. The summed E-state index contributed by atoms with van der Waals surface area (Å²) in [5.41, 5.74) is 5.08. The zero-order valence-corrected chi connectivity index (χ0v) is 7.61. The van der Waals surface area contributed by atoms with Gasteiger partial charge < -0.3 is 15.9 Å². The number of hydrogen-bond donors (Lipinski definition) is 3. The standard InChI is InChI=1S/C7H7NO3.C2H6/c8-6-4(7(10)11)2-1-3-5(6)9;1-2/h1-3,9H,8H2,(H,10,11);1-2H3. The summed E-state index contributed by atoms with van der Waals surface area (Å²) in [6.07, 6.45) is 0. The fourth-order valence-electron chi connectivity index (χ4n) is 0.740. The number of phenols is 1. The van der Waals surface area contributed by atoms with Crippen molar-refractivity contribution in [1.29, 1.82) is 0 Å². The molecule has 0 aliphatic heterocycles. The van der Waals surface area contributed by atoms with Gasteiger partial charge in [0.1, 0.15) is 5.75 Å². The van der Waals surface area contributed by atoms with E-state index in [-0.39, 0.29) is 17.0 Å². The molecule has 0 amide bonds. The van der Waals surface area contributed by atoms with Gasteiger partial charge in [0.05, 0.1) is 11.3 Å². The van der Waals surface area contributed by atoms with Crippen LogP contribution < -0.4 is 5.73 Å². The Bertz CT molecular complexity index is 297. The molecular formula is C9H13NO3. The Labute approximate surface area is 76.6 Å². The predicted octanol–water partition coefficient (Wildman–Crippen LogP) is 1.70. The molecule has 4 heteroatoms. The minimum atomic E-state index is -1.14. The molecule has 0 radical (unpaired) electrons. The summed E-state index contributed by atoms with van der Waals surface area (Å²) in [7, 11) is 0. The van der Waals surface area contributed by atoms with Crippen LogP contribution in [0.25, 0.3) is 0 Å². The largest absolute Gasteiger partial charge is 0.506 e. The molecule has 0 saturated heterocycles. The number of hydrogen-bond acceptors (Lipinski definition) is 3. The highest BCUT2D eigenvalue weighted by molar-refractivity contribution is 5.95. The van der Waals surface area contributed by atoms with E-state index in [0.29, 0.717) is 0 Å². The number of carboxylic acid groups (broad SMARTS) is 1. The van der Waals surface area contributed by atoms with E-state index in [1.807, 2.05) is 13.8 Å². The molecule has 0 spiro atoms. The lowest BCUT2D eigenvalue weighted by atomic mass is 10.2. The fraction of sp³-hybridized carbons (Fsp3) is 0.222. The first-order valence-corrected chi connectivity index (χ1v) is 3.93. The number of anilines is 1. The van der Waals surface area contributed by atoms with Gasteiger partial charge in [0, 0.05) is 0 Å². The molecule has 4 N–H and O–H groups in total. The van der Waals surface area contributed by atoms with Crippen molar-refractivity contribution in [2.24, 2.45) is 0 Å². The second-order valence-electron chi connectivity index (χ2n) is 2.04. The van der Waals surface area contributed by atoms with Crippen LogP contribution in [0.3, 0.4) is 0 Å². The number of carbonyl (C=O) groups is 1. The van der Waals surface area contributed by atoms with Crippen molar-refractivity contribution in [2.75, 3.05) is 5.73 Å². The Balaban J connectivity index is 0.000000671. The number of nitrogen functional groups attached to an aromatic ring is 1. The molecule has 4 nitrogen and oxygen atoms in total. The third-order valence-corrected chi connectivity index (χ3v) is 1.31. The number of nitrogens with two attached hydrogens (primary N) is 1. The summed E-state index contributed by atoms with van der Waals surface area (Å²) in [6, 6.07) is 4.09. The van der Waals surface area contributed by atoms with E-state index >= 15 is 0 Å². The second kappa shape index (κ2) is 5.03. The van der Waals surface area contributed by atoms with Gasteiger partial charge in [-0.25, -0.2) is 4.79 Å². The summed E-state index contributed by atoms with van der Waals surface area (Å²) >= 11 is 0. The highest BCUT2D eigenvalue weighted by atomic mass is 16.4. The Morgan fingerprint density at radius 3 is 2.31 bits per heavy atom. The van der Waals surface area contributed by atoms with Crippen LogP contribution in [-0.4, -0.2) is 16.2 Å². The van der Waals surface area contributed by atoms with Gasteiger partial charge in [0.25, 0.3) is 0 Å². The van der Waals surface area contributed by atoms with Crippen LogP contribution in [0.15, 0.2) is 18.2 Å². The van der Waals surface area contributed by atoms with Gasteiger partial charge in [-0.2, -0.15) is 0 Å². The van der Waals surface area contributed by atoms with E-state index in [1.165, 1.54) is 18.2 Å². The summed E-state index contributed by atoms with van der Waals surface area (Å²) in [5, 5.41) is 17.5. The number of benzene rings is 1. The topological polar surface area (TPSA) is 83.5 Å². The molecule has 72 valence electrons. The summed E-state index contributed by atoms with van der Waals surface area (Å²) in [4.78, 5) is 10.4. The summed E-state index contributed by atoms with van der Waals surface area (Å²) < 4.78 is 0. The highest BCUT2D eigenvalue weighted by Crippen LogP contribution is 2.22. The van der Waals surface area contributed by atoms with Gasteiger partial charge in [-0.05, 0) is 12.1 Å². The first kappa shape index (κ1) is 11.3. The molecule has 1 rings (SSSR count). The zero-order valence-electron chi connectivity index (χ0n) is 7.61. The number of aromatic carboxylic acids is 1. The first-order chi connectivity index (χ1) is 6.13. The van der Waals surface area contributed by atoms with Gasteiger partial charge in [0.2, 0.25) is 0 Å². The van der Waals surface area contributed by atoms with E-state index in [4.69, 9.17) is 15.9 Å². The van der Waals surface area contributed by atoms with Crippen LogP contribution in [0.1, 0.15) is 24.2 Å². The molecule has 0 heterocycles. The van der Waals surface area contributed by atoms with Crippen molar-refractivity contribution in [2.45, 2.75) is 13.8 Å². The monoisotopic (exact) mass is 183 g/mol. The maximum atomic E-state index is 10.4. The summed E-state index contributed by atoms with van der Waals surface area (Å²) in [5.74, 6) is -1.34. The van der Waals surface area contributed by atoms with Crippen LogP contribution >= 0.6 is 0 Å². The molecule has 0 aliphatic carbocycles. The van der Waals surface area contributed by atoms with Crippen LogP contribution in [-0.2, 0) is 0 Å². The van der Waals surface area contributed by atoms with E-state index in [2.05, 4.69) is 0 Å². The number of para-hydroxylation sites is 1. The van der Waals surface area contributed by atoms with Crippen molar-refractivity contribution in [3.8, 4) is 5.75 Å². The molecule has 1 aromatic carbocycles. The zero-order chi connectivity index (χ0) is 10.4. The minimum Gasteiger partial charge on any atom is -0.506 e. The Kier molecular flexibility index (Phi) is 4.37. The maximum absolute atomic E-state index is 10.4. The van der Waals surface area contributed by atoms with Crippen LogP contribution in [0.5, 0.6) is 5.75 Å². The van der Waals surface area contributed by atoms with Crippen LogP contribution in [0.2, 0.25) is 0 Å². The Morgan fingerprint density at radius 2 is 1.92 bits per heavy atom. The molecule has 0 fully saturated rings. The smallest absolute Gasteiger partial charge is 0.337 e. The van der Waals surface area contributed by atoms with Gasteiger partial charge in [-0.3, -0.25) is 0 Å². The predicted molar refractivity (Wildman–Crippen MR) is 50.8 cm³/mol. The lowest BCUT2D eigenvalue weighted by Gasteiger charge is -2.00. The first-order valence-electron chi connectivity index (χ1n) is 3.93. The maximum Gasteiger partial charge on any atom is 0.337 e. The normalized spacial score (nSPS) is 8.46. The van der Waals surface area contributed by atoms with Crippen molar-refractivity contribution in [1.82, 2.24) is 0 Å². The number of aromatic hydroxyl groups is 1. The van der Waals surface area contributed by atoms with Crippen molar-refractivity contribution in [3.05, 3.63) is 23.8 Å². The average molecular weight is 183 g/mol. The Morgan fingerprint density at radius 1 is 1.38 bits per heavy atom. The Hall–Kier alpha value is -1.71. The van der Waals surface area contributed by atoms with E-state index < -0.39 is 5.97 Å². The summed E-state index contributed by atoms with van der Waals surface area (Å²) in [6.45, 7) is 4.00. The van der Waals surface area contributed by atoms with Gasteiger partial charge in [-0.15, -0.1) is 0 Å². The molecular weight excluding hydrogens is 170 g/mol. The van der Waals surface area contributed by atoms with Crippen LogP contribution in [0, 0.1) is 0 Å². The van der Waals surface area contributed by atoms with Crippen molar-refractivity contribution in [3.63, 3.8) is 0 Å². The van der Waals surface area contributed by atoms with E-state index in [0.717, 1.165) is 0 Å². The van der Waals surface area contributed by atoms with Gasteiger partial charge in [0.15, 0.2) is 0 Å². The minimum absolute atomic E-state index is 0.0787. The molecule has 0 unspecified atom stereocenters. The van der Waals surface area contributed by atoms with Crippen LogP contribution in [0.4, 0.5) is 5.69 Å². The molecule has 0 saturated carbocycles. The number of rotatable bonds is 1. The third-order valence-electron chi connectivity index (χ3n) is 1.31. The lowest BCUT2D eigenvalue weighted by molar-refractivity contribution is 0.0697. The van der Waals surface area contributed by atoms with Crippen molar-refractivity contribution >= 4 is 11.7 Å². The average Bonchev–Trinajstić information content (AvgIpc) is 2.13. The van der Waals surface area contributed by atoms with Gasteiger partial charge >= 0.3 is 5.97 Å². The lowest BCUT2D eigenvalue weighted by Crippen LogP contribution is -2.01. The molecule has 0 atom stereocenters. The fourth-order valence-corrected chi connectivity index (χ4v) is 0.740. The second-order valence-corrected chi connectivity index (χ2v) is 2.04.